The van der Waals surface area contributed by atoms with Gasteiger partial charge in [0.15, 0.2) is 5.84 Å². The van der Waals surface area contributed by atoms with E-state index in [1.54, 1.807) is 18.5 Å². The van der Waals surface area contributed by atoms with E-state index in [1.807, 2.05) is 18.2 Å². The number of pyridine rings is 2. The molecule has 0 saturated carbocycles. The number of hydrogen-bond acceptors (Lipinski definition) is 5. The molecule has 2 rings (SSSR count). The quantitative estimate of drug-likeness (QED) is 0.392. The summed E-state index contributed by atoms with van der Waals surface area (Å²) in [7, 11) is 0. The summed E-state index contributed by atoms with van der Waals surface area (Å²) in [6, 6.07) is 7.40. The van der Waals surface area contributed by atoms with Gasteiger partial charge in [-0.25, -0.2) is 4.98 Å². The Hall–Kier alpha value is -1.60. The molecule has 0 aromatic carbocycles. The molecular formula is C11H9BrN4OS. The van der Waals surface area contributed by atoms with E-state index < -0.39 is 0 Å². The van der Waals surface area contributed by atoms with Crippen molar-refractivity contribution in [3.05, 3.63) is 46.8 Å². The third-order valence-corrected chi connectivity index (χ3v) is 3.50. The van der Waals surface area contributed by atoms with Crippen LogP contribution in [0, 0.1) is 0 Å². The molecule has 0 fully saturated rings. The number of hydrogen-bond donors (Lipinski definition) is 2. The summed E-state index contributed by atoms with van der Waals surface area (Å²) in [5.41, 5.74) is 6.01. The lowest BCUT2D eigenvalue weighted by Gasteiger charge is -2.05. The Labute approximate surface area is 116 Å². The molecular weight excluding hydrogens is 316 g/mol. The van der Waals surface area contributed by atoms with Gasteiger partial charge in [-0.3, -0.25) is 4.98 Å². The highest BCUT2D eigenvalue weighted by atomic mass is 79.9. The van der Waals surface area contributed by atoms with Crippen LogP contribution < -0.4 is 5.73 Å². The average molecular weight is 325 g/mol. The minimum absolute atomic E-state index is 0.0183. The molecule has 2 aromatic rings. The highest BCUT2D eigenvalue weighted by Gasteiger charge is 2.10. The van der Waals surface area contributed by atoms with Crippen molar-refractivity contribution in [1.82, 2.24) is 9.97 Å². The van der Waals surface area contributed by atoms with Gasteiger partial charge >= 0.3 is 0 Å². The Kier molecular flexibility index (Phi) is 4.16. The standard InChI is InChI=1S/C11H9BrN4OS/c12-7-3-4-9(15-6-7)18-8-2-1-5-14-10(8)11(13)16-17/h1-6,17H,(H2,13,16). The van der Waals surface area contributed by atoms with Crippen molar-refractivity contribution in [3.63, 3.8) is 0 Å². The van der Waals surface area contributed by atoms with Crippen molar-refractivity contribution in [2.45, 2.75) is 9.92 Å². The first-order valence-corrected chi connectivity index (χ1v) is 6.54. The summed E-state index contributed by atoms with van der Waals surface area (Å²) >= 11 is 4.72. The minimum atomic E-state index is -0.0183. The first-order chi connectivity index (χ1) is 8.70. The number of oxime groups is 1. The number of nitrogens with zero attached hydrogens (tertiary/aromatic N) is 3. The number of rotatable bonds is 3. The van der Waals surface area contributed by atoms with Crippen molar-refractivity contribution in [2.75, 3.05) is 0 Å². The van der Waals surface area contributed by atoms with E-state index >= 15 is 0 Å². The molecule has 0 unspecified atom stereocenters. The molecule has 0 atom stereocenters. The summed E-state index contributed by atoms with van der Waals surface area (Å²) in [5, 5.41) is 12.5. The maximum atomic E-state index is 8.71. The van der Waals surface area contributed by atoms with E-state index in [0.29, 0.717) is 5.69 Å². The Bertz CT molecular complexity index is 574. The van der Waals surface area contributed by atoms with Gasteiger partial charge in [0.2, 0.25) is 0 Å². The SMILES string of the molecule is N/C(=N/O)c1ncccc1Sc1ccc(Br)cn1. The van der Waals surface area contributed by atoms with Crippen molar-refractivity contribution >= 4 is 33.5 Å². The van der Waals surface area contributed by atoms with Crippen LogP contribution in [0.3, 0.4) is 0 Å². The van der Waals surface area contributed by atoms with Crippen LogP contribution in [0.2, 0.25) is 0 Å². The summed E-state index contributed by atoms with van der Waals surface area (Å²) in [6.07, 6.45) is 3.30. The van der Waals surface area contributed by atoms with Gasteiger partial charge in [0, 0.05) is 21.8 Å². The van der Waals surface area contributed by atoms with Gasteiger partial charge in [0.05, 0.1) is 0 Å². The van der Waals surface area contributed by atoms with E-state index in [9.17, 15) is 0 Å². The van der Waals surface area contributed by atoms with Crippen LogP contribution in [0.25, 0.3) is 0 Å². The first-order valence-electron chi connectivity index (χ1n) is 4.93. The predicted octanol–water partition coefficient (Wildman–Crippen LogP) is 2.48. The number of halogens is 1. The fraction of sp³-hybridized carbons (Fsp3) is 0. The van der Waals surface area contributed by atoms with E-state index in [2.05, 4.69) is 31.1 Å². The Morgan fingerprint density at radius 2 is 2.17 bits per heavy atom. The minimum Gasteiger partial charge on any atom is -0.409 e. The molecule has 0 amide bonds. The maximum absolute atomic E-state index is 8.71. The van der Waals surface area contributed by atoms with Crippen LogP contribution >= 0.6 is 27.7 Å². The van der Waals surface area contributed by atoms with Crippen molar-refractivity contribution in [1.29, 1.82) is 0 Å². The molecule has 0 aliphatic heterocycles. The van der Waals surface area contributed by atoms with Gasteiger partial charge in [-0.05, 0) is 40.2 Å². The fourth-order valence-corrected chi connectivity index (χ4v) is 2.35. The van der Waals surface area contributed by atoms with Gasteiger partial charge in [-0.15, -0.1) is 0 Å². The summed E-state index contributed by atoms with van der Waals surface area (Å²) in [4.78, 5) is 9.11. The maximum Gasteiger partial charge on any atom is 0.189 e. The monoisotopic (exact) mass is 324 g/mol. The average Bonchev–Trinajstić information content (AvgIpc) is 2.41. The zero-order chi connectivity index (χ0) is 13.0. The van der Waals surface area contributed by atoms with Crippen LogP contribution in [-0.2, 0) is 0 Å². The summed E-state index contributed by atoms with van der Waals surface area (Å²) in [5.74, 6) is -0.0183. The smallest absolute Gasteiger partial charge is 0.189 e. The predicted molar refractivity (Wildman–Crippen MR) is 72.8 cm³/mol. The molecule has 0 bridgehead atoms. The highest BCUT2D eigenvalue weighted by Crippen LogP contribution is 2.28. The molecule has 2 aromatic heterocycles. The largest absolute Gasteiger partial charge is 0.409 e. The summed E-state index contributed by atoms with van der Waals surface area (Å²) in [6.45, 7) is 0. The van der Waals surface area contributed by atoms with Gasteiger partial charge in [0.1, 0.15) is 10.7 Å². The normalized spacial score (nSPS) is 11.5. The molecule has 2 heterocycles. The van der Waals surface area contributed by atoms with Crippen molar-refractivity contribution in [3.8, 4) is 0 Å². The molecule has 92 valence electrons. The molecule has 18 heavy (non-hydrogen) atoms. The van der Waals surface area contributed by atoms with Crippen molar-refractivity contribution in [2.24, 2.45) is 10.9 Å². The summed E-state index contributed by atoms with van der Waals surface area (Å²) < 4.78 is 0.912. The molecule has 0 radical (unpaired) electrons. The second-order valence-corrected chi connectivity index (χ2v) is 5.23. The molecule has 0 aliphatic rings. The number of aromatic nitrogens is 2. The fourth-order valence-electron chi connectivity index (χ4n) is 1.25. The Morgan fingerprint density at radius 3 is 2.83 bits per heavy atom. The van der Waals surface area contributed by atoms with Crippen LogP contribution in [0.1, 0.15) is 5.69 Å². The highest BCUT2D eigenvalue weighted by molar-refractivity contribution is 9.10. The molecule has 5 nitrogen and oxygen atoms in total. The Morgan fingerprint density at radius 1 is 1.33 bits per heavy atom. The number of nitrogens with two attached hydrogens (primary N) is 1. The van der Waals surface area contributed by atoms with Gasteiger partial charge in [0.25, 0.3) is 0 Å². The Balaban J connectivity index is 2.32. The van der Waals surface area contributed by atoms with Gasteiger partial charge in [-0.2, -0.15) is 0 Å². The molecule has 7 heteroatoms. The van der Waals surface area contributed by atoms with Crippen molar-refractivity contribution < 1.29 is 5.21 Å². The lowest BCUT2D eigenvalue weighted by atomic mass is 10.3. The molecule has 0 spiro atoms. The third-order valence-electron chi connectivity index (χ3n) is 2.04. The van der Waals surface area contributed by atoms with E-state index in [1.165, 1.54) is 11.8 Å². The lowest BCUT2D eigenvalue weighted by Crippen LogP contribution is -2.16. The van der Waals surface area contributed by atoms with E-state index in [-0.39, 0.29) is 5.84 Å². The van der Waals surface area contributed by atoms with Crippen LogP contribution in [-0.4, -0.2) is 21.0 Å². The zero-order valence-corrected chi connectivity index (χ0v) is 11.5. The second-order valence-electron chi connectivity index (χ2n) is 3.25. The first kappa shape index (κ1) is 12.8. The van der Waals surface area contributed by atoms with Gasteiger partial charge < -0.3 is 10.9 Å². The zero-order valence-electron chi connectivity index (χ0n) is 9.12. The van der Waals surface area contributed by atoms with Crippen LogP contribution in [0.5, 0.6) is 0 Å². The second kappa shape index (κ2) is 5.83. The number of amidine groups is 1. The molecule has 3 N–H and O–H groups in total. The molecule has 0 saturated heterocycles. The van der Waals surface area contributed by atoms with Crippen LogP contribution in [0.4, 0.5) is 0 Å². The van der Waals surface area contributed by atoms with Gasteiger partial charge in [-0.1, -0.05) is 16.9 Å². The lowest BCUT2D eigenvalue weighted by molar-refractivity contribution is 0.318. The molecule has 0 aliphatic carbocycles. The topological polar surface area (TPSA) is 84.4 Å². The van der Waals surface area contributed by atoms with E-state index in [0.717, 1.165) is 14.4 Å². The van der Waals surface area contributed by atoms with E-state index in [4.69, 9.17) is 10.9 Å². The third kappa shape index (κ3) is 2.99. The van der Waals surface area contributed by atoms with Crippen LogP contribution in [0.15, 0.2) is 56.2 Å².